The van der Waals surface area contributed by atoms with E-state index in [4.69, 9.17) is 9.97 Å². The van der Waals surface area contributed by atoms with E-state index in [1.807, 2.05) is 6.07 Å². The summed E-state index contributed by atoms with van der Waals surface area (Å²) < 4.78 is 0. The molecule has 2 heteroatoms. The molecule has 0 spiro atoms. The average Bonchev–Trinajstić information content (AvgIpc) is 3.65. The molecule has 0 saturated carbocycles. The van der Waals surface area contributed by atoms with E-state index in [1.165, 1.54) is 72.1 Å². The van der Waals surface area contributed by atoms with E-state index in [1.54, 1.807) is 0 Å². The van der Waals surface area contributed by atoms with Crippen LogP contribution < -0.4 is 0 Å². The van der Waals surface area contributed by atoms with Crippen LogP contribution in [0.15, 0.2) is 182 Å². The first-order valence-electron chi connectivity index (χ1n) is 20.3. The first-order valence-corrected chi connectivity index (χ1v) is 20.3. The lowest BCUT2D eigenvalue weighted by Crippen LogP contribution is -2.14. The van der Waals surface area contributed by atoms with Gasteiger partial charge in [0.1, 0.15) is 0 Å². The average molecular weight is 743 g/mol. The number of rotatable bonds is 5. The summed E-state index contributed by atoms with van der Waals surface area (Å²) in [5, 5.41) is 2.36. The van der Waals surface area contributed by atoms with Crippen molar-refractivity contribution in [2.75, 3.05) is 0 Å². The monoisotopic (exact) mass is 742 g/mol. The summed E-state index contributed by atoms with van der Waals surface area (Å²) >= 11 is 0. The summed E-state index contributed by atoms with van der Waals surface area (Å²) in [6.45, 7) is 9.34. The fraction of sp³-hybridized carbons (Fsp3) is 0.107. The predicted octanol–water partition coefficient (Wildman–Crippen LogP) is 14.6. The standard InChI is InChI=1S/C56H42N2/c1-55(2)49-24-13-11-22-44(49)47-32-37(26-30-50(47)55)36-17-14-18-38(31-36)40-28-29-46(42-20-9-8-19-41(40)42)53-34-52(57-54(58-53)35-15-6-5-7-16-35)39-25-27-45-43-21-10-12-23-48(43)56(3,4)51(45)33-39/h5-34H,1-4H3. The molecule has 1 aromatic heterocycles. The van der Waals surface area contributed by atoms with Crippen LogP contribution in [0.2, 0.25) is 0 Å². The molecule has 0 amide bonds. The Labute approximate surface area is 340 Å². The summed E-state index contributed by atoms with van der Waals surface area (Å²) in [5.74, 6) is 0.720. The molecule has 0 radical (unpaired) electrons. The minimum absolute atomic E-state index is 0.0100. The Morgan fingerprint density at radius 3 is 1.59 bits per heavy atom. The number of hydrogen-bond acceptors (Lipinski definition) is 2. The van der Waals surface area contributed by atoms with Gasteiger partial charge < -0.3 is 0 Å². The maximum atomic E-state index is 5.28. The number of benzene rings is 8. The van der Waals surface area contributed by atoms with E-state index in [9.17, 15) is 0 Å². The maximum Gasteiger partial charge on any atom is 0.160 e. The number of nitrogens with zero attached hydrogens (tertiary/aromatic N) is 2. The van der Waals surface area contributed by atoms with Crippen molar-refractivity contribution >= 4 is 10.8 Å². The Morgan fingerprint density at radius 1 is 0.293 bits per heavy atom. The third-order valence-electron chi connectivity index (χ3n) is 12.9. The van der Waals surface area contributed by atoms with E-state index in [0.29, 0.717) is 0 Å². The molecule has 0 saturated heterocycles. The van der Waals surface area contributed by atoms with Crippen molar-refractivity contribution in [2.45, 2.75) is 38.5 Å². The van der Waals surface area contributed by atoms with E-state index in [0.717, 1.165) is 39.3 Å². The van der Waals surface area contributed by atoms with Crippen molar-refractivity contribution in [3.8, 4) is 78.4 Å². The highest BCUT2D eigenvalue weighted by Gasteiger charge is 2.36. The largest absolute Gasteiger partial charge is 0.228 e. The van der Waals surface area contributed by atoms with Gasteiger partial charge in [0.05, 0.1) is 11.4 Å². The van der Waals surface area contributed by atoms with Crippen molar-refractivity contribution in [1.29, 1.82) is 0 Å². The fourth-order valence-corrected chi connectivity index (χ4v) is 9.85. The second-order valence-electron chi connectivity index (χ2n) is 17.0. The third kappa shape index (κ3) is 5.25. The Bertz CT molecular complexity index is 3110. The third-order valence-corrected chi connectivity index (χ3v) is 12.9. The van der Waals surface area contributed by atoms with Crippen molar-refractivity contribution in [2.24, 2.45) is 0 Å². The van der Waals surface area contributed by atoms with Crippen molar-refractivity contribution in [3.05, 3.63) is 204 Å². The Morgan fingerprint density at radius 2 is 0.810 bits per heavy atom. The molecule has 2 nitrogen and oxygen atoms in total. The van der Waals surface area contributed by atoms with Crippen LogP contribution in [-0.4, -0.2) is 9.97 Å². The first-order chi connectivity index (χ1) is 28.3. The van der Waals surface area contributed by atoms with E-state index >= 15 is 0 Å². The van der Waals surface area contributed by atoms with Crippen LogP contribution in [0, 0.1) is 0 Å². The zero-order chi connectivity index (χ0) is 39.2. The highest BCUT2D eigenvalue weighted by molar-refractivity contribution is 6.05. The van der Waals surface area contributed by atoms with Gasteiger partial charge in [0.15, 0.2) is 5.82 Å². The van der Waals surface area contributed by atoms with Crippen molar-refractivity contribution in [1.82, 2.24) is 9.97 Å². The lowest BCUT2D eigenvalue weighted by atomic mass is 9.82. The van der Waals surface area contributed by atoms with Crippen LogP contribution in [0.3, 0.4) is 0 Å². The van der Waals surface area contributed by atoms with Gasteiger partial charge in [-0.1, -0.05) is 185 Å². The van der Waals surface area contributed by atoms with Crippen LogP contribution in [0.5, 0.6) is 0 Å². The van der Waals surface area contributed by atoms with E-state index < -0.39 is 0 Å². The molecule has 58 heavy (non-hydrogen) atoms. The van der Waals surface area contributed by atoms with Crippen LogP contribution in [0.25, 0.3) is 89.2 Å². The fourth-order valence-electron chi connectivity index (χ4n) is 9.85. The van der Waals surface area contributed by atoms with Crippen molar-refractivity contribution in [3.63, 3.8) is 0 Å². The molecule has 1 heterocycles. The van der Waals surface area contributed by atoms with Gasteiger partial charge >= 0.3 is 0 Å². The Balaban J connectivity index is 1.03. The minimum atomic E-state index is -0.105. The quantitative estimate of drug-likeness (QED) is 0.175. The first kappa shape index (κ1) is 34.4. The molecule has 0 bridgehead atoms. The van der Waals surface area contributed by atoms with Crippen LogP contribution >= 0.6 is 0 Å². The molecule has 0 N–H and O–H groups in total. The van der Waals surface area contributed by atoms with Crippen LogP contribution in [0.4, 0.5) is 0 Å². The van der Waals surface area contributed by atoms with Gasteiger partial charge in [-0.15, -0.1) is 0 Å². The van der Waals surface area contributed by atoms with Crippen LogP contribution in [0.1, 0.15) is 49.9 Å². The lowest BCUT2D eigenvalue weighted by Gasteiger charge is -2.22. The Kier molecular flexibility index (Phi) is 7.59. The zero-order valence-electron chi connectivity index (χ0n) is 33.2. The van der Waals surface area contributed by atoms with Gasteiger partial charge in [0.25, 0.3) is 0 Å². The number of aromatic nitrogens is 2. The number of hydrogen-bond donors (Lipinski definition) is 0. The molecule has 276 valence electrons. The summed E-state index contributed by atoms with van der Waals surface area (Å²) in [4.78, 5) is 10.5. The molecule has 0 unspecified atom stereocenters. The molecule has 0 fully saturated rings. The van der Waals surface area contributed by atoms with Gasteiger partial charge in [0, 0.05) is 27.5 Å². The second kappa shape index (κ2) is 12.8. The molecule has 2 aliphatic carbocycles. The van der Waals surface area contributed by atoms with Gasteiger partial charge in [-0.05, 0) is 102 Å². The molecule has 0 atom stereocenters. The Hall–Kier alpha value is -6.90. The highest BCUT2D eigenvalue weighted by atomic mass is 14.9. The summed E-state index contributed by atoms with van der Waals surface area (Å²) in [5.41, 5.74) is 20.5. The number of fused-ring (bicyclic) bond motifs is 7. The second-order valence-corrected chi connectivity index (χ2v) is 17.0. The molecule has 11 rings (SSSR count). The van der Waals surface area contributed by atoms with Crippen molar-refractivity contribution < 1.29 is 0 Å². The predicted molar refractivity (Wildman–Crippen MR) is 242 cm³/mol. The van der Waals surface area contributed by atoms with Gasteiger partial charge in [0.2, 0.25) is 0 Å². The van der Waals surface area contributed by atoms with Gasteiger partial charge in [-0.25, -0.2) is 9.97 Å². The highest BCUT2D eigenvalue weighted by Crippen LogP contribution is 2.51. The van der Waals surface area contributed by atoms with Gasteiger partial charge in [-0.3, -0.25) is 0 Å². The van der Waals surface area contributed by atoms with E-state index in [2.05, 4.69) is 204 Å². The molecular formula is C56H42N2. The SMILES string of the molecule is CC1(C)c2ccccc2-c2cc(-c3cccc(-c4ccc(-c5cc(-c6ccc7c(c6)C(C)(C)c6ccccc6-7)nc(-c6ccccc6)n5)c5ccccc45)c3)ccc21. The topological polar surface area (TPSA) is 25.8 Å². The zero-order valence-corrected chi connectivity index (χ0v) is 33.2. The van der Waals surface area contributed by atoms with Crippen LogP contribution in [-0.2, 0) is 10.8 Å². The lowest BCUT2D eigenvalue weighted by molar-refractivity contribution is 0.660. The molecule has 9 aromatic rings. The smallest absolute Gasteiger partial charge is 0.160 e. The molecular weight excluding hydrogens is 701 g/mol. The summed E-state index contributed by atoms with van der Waals surface area (Å²) in [6, 6.07) is 66.4. The minimum Gasteiger partial charge on any atom is -0.228 e. The molecule has 2 aliphatic rings. The summed E-state index contributed by atoms with van der Waals surface area (Å²) in [6.07, 6.45) is 0. The van der Waals surface area contributed by atoms with E-state index in [-0.39, 0.29) is 10.8 Å². The normalized spacial score (nSPS) is 14.1. The molecule has 8 aromatic carbocycles. The summed E-state index contributed by atoms with van der Waals surface area (Å²) in [7, 11) is 0. The maximum absolute atomic E-state index is 5.28. The van der Waals surface area contributed by atoms with Gasteiger partial charge in [-0.2, -0.15) is 0 Å². The molecule has 0 aliphatic heterocycles.